The van der Waals surface area contributed by atoms with Gasteiger partial charge in [0.05, 0.1) is 50.2 Å². The highest BCUT2D eigenvalue weighted by Gasteiger charge is 2.22. The molecule has 12 aromatic rings. The second-order valence-electron chi connectivity index (χ2n) is 19.2. The number of para-hydroxylation sites is 6. The van der Waals surface area contributed by atoms with Crippen molar-refractivity contribution in [2.75, 3.05) is 27.2 Å². The predicted molar refractivity (Wildman–Crippen MR) is 294 cm³/mol. The molecule has 12 rings (SSSR count). The molecular formula is C63H57N5O3. The van der Waals surface area contributed by atoms with Crippen molar-refractivity contribution in [2.45, 2.75) is 33.9 Å². The lowest BCUT2D eigenvalue weighted by Crippen LogP contribution is -2.31. The Labute approximate surface area is 413 Å². The van der Waals surface area contributed by atoms with E-state index in [4.69, 9.17) is 0 Å². The number of nitrogens with zero attached hydrogens (tertiary/aromatic N) is 5. The molecule has 0 spiro atoms. The molecule has 0 aliphatic heterocycles. The third-order valence-corrected chi connectivity index (χ3v) is 13.9. The second kappa shape index (κ2) is 18.6. The average Bonchev–Trinajstić information content (AvgIpc) is 4.02. The maximum Gasteiger partial charge on any atom is 0.144 e. The Morgan fingerprint density at radius 3 is 1.00 bits per heavy atom. The minimum absolute atomic E-state index is 0.274. The molecule has 0 saturated carbocycles. The topological polar surface area (TPSA) is 82.0 Å². The van der Waals surface area contributed by atoms with E-state index >= 15 is 0 Å². The quantitative estimate of drug-likeness (QED) is 0.127. The van der Waals surface area contributed by atoms with Crippen LogP contribution in [0.25, 0.3) is 82.5 Å². The zero-order valence-electron chi connectivity index (χ0n) is 40.8. The number of aromatic nitrogens is 3. The van der Waals surface area contributed by atoms with E-state index in [1.807, 2.05) is 31.2 Å². The van der Waals surface area contributed by atoms with E-state index in [0.29, 0.717) is 18.8 Å². The number of phenols is 3. The van der Waals surface area contributed by atoms with Crippen LogP contribution >= 0.6 is 0 Å². The van der Waals surface area contributed by atoms with Crippen LogP contribution in [0.4, 0.5) is 0 Å². The van der Waals surface area contributed by atoms with Crippen LogP contribution in [0.2, 0.25) is 0 Å². The monoisotopic (exact) mass is 931 g/mol. The van der Waals surface area contributed by atoms with Crippen LogP contribution in [-0.2, 0) is 13.1 Å². The first-order valence-corrected chi connectivity index (χ1v) is 24.3. The van der Waals surface area contributed by atoms with Crippen LogP contribution in [0.3, 0.4) is 0 Å². The molecule has 3 N–H and O–H groups in total. The molecule has 0 aliphatic carbocycles. The lowest BCUT2D eigenvalue weighted by molar-refractivity contribution is 0.221. The van der Waals surface area contributed by atoms with Gasteiger partial charge >= 0.3 is 0 Å². The molecule has 0 saturated heterocycles. The Morgan fingerprint density at radius 1 is 0.352 bits per heavy atom. The van der Waals surface area contributed by atoms with Gasteiger partial charge in [-0.3, -0.25) is 4.90 Å². The van der Waals surface area contributed by atoms with Gasteiger partial charge in [0, 0.05) is 69.6 Å². The highest BCUT2D eigenvalue weighted by molar-refractivity contribution is 6.11. The Hall–Kier alpha value is -8.30. The van der Waals surface area contributed by atoms with E-state index in [-0.39, 0.29) is 11.5 Å². The Bertz CT molecular complexity index is 3640. The highest BCUT2D eigenvalue weighted by Crippen LogP contribution is 2.40. The summed E-state index contributed by atoms with van der Waals surface area (Å²) in [5, 5.41) is 41.5. The lowest BCUT2D eigenvalue weighted by Gasteiger charge is -2.26. The second-order valence-corrected chi connectivity index (χ2v) is 19.2. The van der Waals surface area contributed by atoms with E-state index < -0.39 is 0 Å². The number of hydrogen-bond acceptors (Lipinski definition) is 5. The van der Waals surface area contributed by atoms with Crippen molar-refractivity contribution in [3.63, 3.8) is 0 Å². The lowest BCUT2D eigenvalue weighted by atomic mass is 10.0. The normalized spacial score (nSPS) is 11.8. The molecule has 0 radical (unpaired) electrons. The molecule has 0 amide bonds. The van der Waals surface area contributed by atoms with Crippen LogP contribution in [0.5, 0.6) is 17.2 Å². The number of phenolic OH excluding ortho intramolecular Hbond substituents is 3. The van der Waals surface area contributed by atoms with Crippen molar-refractivity contribution in [3.05, 3.63) is 216 Å². The van der Waals surface area contributed by atoms with Crippen molar-refractivity contribution < 1.29 is 15.3 Å². The molecule has 0 unspecified atom stereocenters. The molecule has 3 heterocycles. The molecule has 0 fully saturated rings. The molecule has 0 atom stereocenters. The number of aryl methyl sites for hydroxylation is 3. The van der Waals surface area contributed by atoms with Gasteiger partial charge in [-0.2, -0.15) is 0 Å². The minimum Gasteiger partial charge on any atom is -0.506 e. The average molecular weight is 932 g/mol. The summed E-state index contributed by atoms with van der Waals surface area (Å²) in [4.78, 5) is 4.50. The molecule has 8 nitrogen and oxygen atoms in total. The Kier molecular flexibility index (Phi) is 11.8. The molecule has 352 valence electrons. The van der Waals surface area contributed by atoms with Crippen LogP contribution in [0, 0.1) is 20.8 Å². The summed E-state index contributed by atoms with van der Waals surface area (Å²) >= 11 is 0. The van der Waals surface area contributed by atoms with Gasteiger partial charge in [-0.1, -0.05) is 127 Å². The Balaban J connectivity index is 0.000000216. The standard InChI is InChI=1S/C44H42N4O2.C19H15NO/c1-29-23-31(43(49)41(25-29)47-37-17-9-5-13-33(37)34-14-6-10-18-38(34)47)27-46(22-21-45(3)4)28-32-24-30(2)26-42(44(32)50)48-39-19-11-7-15-35(39)36-16-8-12-20-40(36)48;1-13-10-11-19(21)18(12-13)20-16-8-4-2-6-14(16)15-7-3-5-9-17(15)20/h5-20,23-26,49-50H,21-22,27-28H2,1-4H3;2-12,21H,1H3. The van der Waals surface area contributed by atoms with E-state index in [1.54, 1.807) is 6.07 Å². The maximum atomic E-state index is 12.1. The van der Waals surface area contributed by atoms with Crippen LogP contribution in [-0.4, -0.2) is 66.0 Å². The van der Waals surface area contributed by atoms with Gasteiger partial charge in [-0.25, -0.2) is 0 Å². The number of benzene rings is 9. The molecule has 0 aliphatic rings. The number of fused-ring (bicyclic) bond motifs is 9. The Morgan fingerprint density at radius 2 is 0.662 bits per heavy atom. The molecule has 71 heavy (non-hydrogen) atoms. The first-order chi connectivity index (χ1) is 34.5. The van der Waals surface area contributed by atoms with Gasteiger partial charge in [-0.15, -0.1) is 0 Å². The molecule has 9 aromatic carbocycles. The molecule has 8 heteroatoms. The van der Waals surface area contributed by atoms with Gasteiger partial charge in [0.25, 0.3) is 0 Å². The third kappa shape index (κ3) is 8.21. The van der Waals surface area contributed by atoms with Crippen molar-refractivity contribution in [2.24, 2.45) is 0 Å². The molecular weight excluding hydrogens is 875 g/mol. The summed E-state index contributed by atoms with van der Waals surface area (Å²) in [7, 11) is 4.15. The molecule has 3 aromatic heterocycles. The number of likely N-dealkylation sites (N-methyl/N-ethyl adjacent to an activating group) is 1. The fraction of sp³-hybridized carbons (Fsp3) is 0.143. The maximum absolute atomic E-state index is 12.1. The van der Waals surface area contributed by atoms with E-state index in [0.717, 1.165) is 113 Å². The summed E-state index contributed by atoms with van der Waals surface area (Å²) in [6.07, 6.45) is 0. The van der Waals surface area contributed by atoms with Crippen molar-refractivity contribution in [1.82, 2.24) is 23.5 Å². The van der Waals surface area contributed by atoms with Gasteiger partial charge in [-0.05, 0) is 112 Å². The number of rotatable bonds is 10. The summed E-state index contributed by atoms with van der Waals surface area (Å²) in [5.41, 5.74) is 13.8. The van der Waals surface area contributed by atoms with Gasteiger partial charge < -0.3 is 33.9 Å². The predicted octanol–water partition coefficient (Wildman–Crippen LogP) is 14.3. The first kappa shape index (κ1) is 45.2. The summed E-state index contributed by atoms with van der Waals surface area (Å²) < 4.78 is 6.50. The summed E-state index contributed by atoms with van der Waals surface area (Å²) in [6, 6.07) is 64.2. The summed E-state index contributed by atoms with van der Waals surface area (Å²) in [5.74, 6) is 0.847. The third-order valence-electron chi connectivity index (χ3n) is 13.9. The smallest absolute Gasteiger partial charge is 0.144 e. The SMILES string of the molecule is Cc1cc(CN(CCN(C)C)Cc2cc(C)cc(-n3c4ccccc4c4ccccc43)c2O)c(O)c(-n2c3ccccc3c3ccccc32)c1.Cc1ccc(O)c(-n2c3ccccc3c3ccccc32)c1. The van der Waals surface area contributed by atoms with Crippen molar-refractivity contribution in [1.29, 1.82) is 0 Å². The molecule has 0 bridgehead atoms. The van der Waals surface area contributed by atoms with E-state index in [9.17, 15) is 15.3 Å². The van der Waals surface area contributed by atoms with E-state index in [1.165, 1.54) is 10.8 Å². The van der Waals surface area contributed by atoms with Crippen LogP contribution in [0.15, 0.2) is 188 Å². The van der Waals surface area contributed by atoms with E-state index in [2.05, 4.69) is 209 Å². The minimum atomic E-state index is 0.274. The zero-order chi connectivity index (χ0) is 48.9. The highest BCUT2D eigenvalue weighted by atomic mass is 16.3. The summed E-state index contributed by atoms with van der Waals surface area (Å²) in [6.45, 7) is 8.84. The zero-order valence-corrected chi connectivity index (χ0v) is 40.8. The van der Waals surface area contributed by atoms with Gasteiger partial charge in [0.2, 0.25) is 0 Å². The van der Waals surface area contributed by atoms with Gasteiger partial charge in [0.1, 0.15) is 17.2 Å². The first-order valence-electron chi connectivity index (χ1n) is 24.3. The van der Waals surface area contributed by atoms with Gasteiger partial charge in [0.15, 0.2) is 0 Å². The van der Waals surface area contributed by atoms with Crippen LogP contribution in [0.1, 0.15) is 27.8 Å². The fourth-order valence-corrected chi connectivity index (χ4v) is 10.6. The largest absolute Gasteiger partial charge is 0.506 e. The number of aromatic hydroxyl groups is 3. The van der Waals surface area contributed by atoms with Crippen molar-refractivity contribution >= 4 is 65.4 Å². The van der Waals surface area contributed by atoms with Crippen LogP contribution < -0.4 is 0 Å². The van der Waals surface area contributed by atoms with Crippen molar-refractivity contribution in [3.8, 4) is 34.3 Å². The fourth-order valence-electron chi connectivity index (χ4n) is 10.6. The number of hydrogen-bond donors (Lipinski definition) is 3.